The molecule has 0 radical (unpaired) electrons. The molecule has 0 unspecified atom stereocenters. The zero-order valence-electron chi connectivity index (χ0n) is 43.2. The summed E-state index contributed by atoms with van der Waals surface area (Å²) >= 11 is 0. The highest BCUT2D eigenvalue weighted by molar-refractivity contribution is 7.62. The van der Waals surface area contributed by atoms with Gasteiger partial charge >= 0.3 is 37.9 Å². The van der Waals surface area contributed by atoms with Crippen LogP contribution in [0.3, 0.4) is 0 Å². The minimum atomic E-state index is -5.10. The van der Waals surface area contributed by atoms with Crippen molar-refractivity contribution in [2.45, 2.75) is 89.4 Å². The van der Waals surface area contributed by atoms with E-state index >= 15 is 9.36 Å². The third kappa shape index (κ3) is 12.6. The first-order valence-corrected chi connectivity index (χ1v) is 27.8. The van der Waals surface area contributed by atoms with E-state index in [1.165, 1.54) is 36.2 Å². The maximum atomic E-state index is 15.4. The van der Waals surface area contributed by atoms with Gasteiger partial charge in [-0.3, -0.25) is 29.1 Å². The summed E-state index contributed by atoms with van der Waals surface area (Å²) in [7, 11) is -3.04. The van der Waals surface area contributed by atoms with Gasteiger partial charge < -0.3 is 43.7 Å². The van der Waals surface area contributed by atoms with Gasteiger partial charge in [0.1, 0.15) is 36.9 Å². The number of nitro groups is 1. The predicted molar refractivity (Wildman–Crippen MR) is 275 cm³/mol. The van der Waals surface area contributed by atoms with E-state index in [4.69, 9.17) is 23.3 Å². The first kappa shape index (κ1) is 56.7. The molecule has 0 atom stereocenters. The van der Waals surface area contributed by atoms with Crippen LogP contribution in [0.15, 0.2) is 54.6 Å². The molecule has 3 amide bonds. The number of unbranched alkanes of at least 4 members (excludes halogenated alkanes) is 2. The van der Waals surface area contributed by atoms with Crippen LogP contribution in [-0.4, -0.2) is 119 Å². The predicted octanol–water partition coefficient (Wildman–Crippen LogP) is 7.09. The molecule has 422 valence electrons. The largest absolute Gasteiger partial charge is 0.513 e. The fourth-order valence-electron chi connectivity index (χ4n) is 10.8. The lowest BCUT2D eigenvalue weighted by Crippen LogP contribution is -2.45. The minimum Gasteiger partial charge on any atom is -0.455 e. The Labute approximate surface area is 449 Å². The van der Waals surface area contributed by atoms with Crippen molar-refractivity contribution in [3.8, 4) is 17.2 Å². The highest BCUT2D eigenvalue weighted by atomic mass is 31.2. The third-order valence-corrected chi connectivity index (χ3v) is 16.5. The van der Waals surface area contributed by atoms with E-state index in [1.54, 1.807) is 16.7 Å². The van der Waals surface area contributed by atoms with Crippen LogP contribution in [0.25, 0.3) is 5.57 Å². The second-order valence-electron chi connectivity index (χ2n) is 19.8. The van der Waals surface area contributed by atoms with E-state index in [-0.39, 0.29) is 87.4 Å². The average Bonchev–Trinajstić information content (AvgIpc) is 3.46. The Hall–Kier alpha value is -7.04. The van der Waals surface area contributed by atoms with Crippen LogP contribution >= 0.6 is 7.60 Å². The van der Waals surface area contributed by atoms with Crippen molar-refractivity contribution >= 4 is 53.7 Å². The number of rotatable bonds is 20. The standard InChI is InChI=1S/C54H57F6N6O12P/c1-63(26-29-74-52(70)77-36-16-14-35(15-17-36)66(71)72)49(67)38-19-18-37(79(73,75-27-4-2-20-61-50(68)53(55,56)57)76-28-5-3-21-62-51(69)54(58,59)60)32-41(38)44-42-30-33-10-6-22-64-24-8-12-39(45(33)64)47(42)78-48-40-13-9-25-65-23-7-11-34(46(40)65)31-43(44)48/h14-19,30-32H,2-13,20-29H2,1H3,(H-,61,62,68,69)/p+1. The molecule has 5 heterocycles. The van der Waals surface area contributed by atoms with Crippen LogP contribution in [0.4, 0.5) is 42.5 Å². The molecule has 0 saturated carbocycles. The summed E-state index contributed by atoms with van der Waals surface area (Å²) in [5.41, 5.74) is 6.93. The molecule has 0 bridgehead atoms. The fraction of sp³-hybridized carbons (Fsp3) is 0.463. The third-order valence-electron chi connectivity index (χ3n) is 14.5. The van der Waals surface area contributed by atoms with Gasteiger partial charge in [0, 0.05) is 96.9 Å². The molecule has 79 heavy (non-hydrogen) atoms. The Morgan fingerprint density at radius 2 is 1.38 bits per heavy atom. The molecule has 4 aromatic carbocycles. The molecule has 18 nitrogen and oxygen atoms in total. The summed E-state index contributed by atoms with van der Waals surface area (Å²) in [5.74, 6) is -3.55. The van der Waals surface area contributed by atoms with Gasteiger partial charge in [0.15, 0.2) is 0 Å². The lowest BCUT2D eigenvalue weighted by atomic mass is 9.81. The maximum absolute atomic E-state index is 15.4. The lowest BCUT2D eigenvalue weighted by Gasteiger charge is -2.39. The number of fused-ring (bicyclic) bond motifs is 4. The molecule has 25 heteroatoms. The van der Waals surface area contributed by atoms with Gasteiger partial charge in [0.05, 0.1) is 35.5 Å². The van der Waals surface area contributed by atoms with Crippen molar-refractivity contribution in [1.29, 1.82) is 0 Å². The number of non-ortho nitro benzene ring substituents is 1. The van der Waals surface area contributed by atoms with E-state index in [2.05, 4.69) is 21.6 Å². The SMILES string of the molecule is CN(CCOC(=O)Oc1ccc([N+](=O)[O-])cc1)C(=O)c1ccc(P(=O)(OCCCCNC(=O)C(F)(F)F)OCCCCNC(=O)C(F)(F)F)cc1C1=c2cc3c4c(c2Oc2c1cc1c5c2CCCN5CCC1)CCC[N+]=4CCC3. The number of nitrogens with zero attached hydrogens (tertiary/aromatic N) is 4. The second kappa shape index (κ2) is 23.7. The summed E-state index contributed by atoms with van der Waals surface area (Å²) in [6.07, 6.45) is -4.87. The molecule has 0 spiro atoms. The van der Waals surface area contributed by atoms with Crippen molar-refractivity contribution < 1.29 is 78.3 Å². The number of likely N-dealkylation sites (N-methyl/N-ethyl adjacent to an activating group) is 1. The van der Waals surface area contributed by atoms with Crippen molar-refractivity contribution in [3.05, 3.63) is 114 Å². The molecule has 9 rings (SSSR count). The smallest absolute Gasteiger partial charge is 0.455 e. The van der Waals surface area contributed by atoms with Gasteiger partial charge in [-0.2, -0.15) is 26.3 Å². The molecule has 0 aliphatic carbocycles. The molecule has 0 saturated heterocycles. The lowest BCUT2D eigenvalue weighted by molar-refractivity contribution is -0.384. The van der Waals surface area contributed by atoms with Crippen molar-refractivity contribution in [2.24, 2.45) is 0 Å². The van der Waals surface area contributed by atoms with Crippen LogP contribution in [0.2, 0.25) is 0 Å². The summed E-state index contributed by atoms with van der Waals surface area (Å²) < 4.78 is 125. The minimum absolute atomic E-state index is 0.00204. The van der Waals surface area contributed by atoms with E-state index in [0.717, 1.165) is 123 Å². The normalized spacial score (nSPS) is 15.4. The van der Waals surface area contributed by atoms with E-state index in [0.29, 0.717) is 33.4 Å². The number of alkyl halides is 6. The number of nitro benzene ring substituents is 1. The first-order chi connectivity index (χ1) is 37.7. The zero-order chi connectivity index (χ0) is 56.2. The number of hydrogen-bond acceptors (Lipinski definition) is 13. The monoisotopic (exact) mass is 1130 g/mol. The Kier molecular flexibility index (Phi) is 17.0. The molecule has 4 aromatic rings. The number of aryl methyl sites for hydroxylation is 2. The Morgan fingerprint density at radius 3 is 2.03 bits per heavy atom. The van der Waals surface area contributed by atoms with Gasteiger partial charge in [-0.1, -0.05) is 0 Å². The molecule has 5 aliphatic rings. The van der Waals surface area contributed by atoms with Crippen LogP contribution < -0.4 is 45.5 Å². The number of amides is 3. The summed E-state index contributed by atoms with van der Waals surface area (Å²) in [6.45, 7) is 1.56. The zero-order valence-corrected chi connectivity index (χ0v) is 44.0. The van der Waals surface area contributed by atoms with Gasteiger partial charge in [0.2, 0.25) is 5.36 Å². The van der Waals surface area contributed by atoms with Gasteiger partial charge in [-0.15, -0.1) is 0 Å². The van der Waals surface area contributed by atoms with E-state index in [1.807, 2.05) is 0 Å². The van der Waals surface area contributed by atoms with Gasteiger partial charge in [0.25, 0.3) is 11.6 Å². The quantitative estimate of drug-likeness (QED) is 0.0117. The molecule has 5 aliphatic heterocycles. The number of anilines is 1. The molecule has 0 fully saturated rings. The Bertz CT molecular complexity index is 3200. The molecule has 0 aromatic heterocycles. The number of carbonyl (C=O) groups excluding carboxylic acids is 4. The Morgan fingerprint density at radius 1 is 0.759 bits per heavy atom. The number of halogens is 6. The average molecular weight is 1130 g/mol. The maximum Gasteiger partial charge on any atom is 0.513 e. The number of ether oxygens (including phenoxy) is 3. The molecular weight excluding hydrogens is 1070 g/mol. The van der Waals surface area contributed by atoms with Gasteiger partial charge in [-0.25, -0.2) is 9.37 Å². The van der Waals surface area contributed by atoms with E-state index < -0.39 is 48.7 Å². The fourth-order valence-corrected chi connectivity index (χ4v) is 12.5. The van der Waals surface area contributed by atoms with Gasteiger partial charge in [-0.05, 0) is 118 Å². The van der Waals surface area contributed by atoms with Crippen LogP contribution in [-0.2, 0) is 53.6 Å². The number of carbonyl (C=O) groups is 4. The first-order valence-electron chi connectivity index (χ1n) is 26.2. The summed E-state index contributed by atoms with van der Waals surface area (Å²) in [5, 5.41) is 16.5. The summed E-state index contributed by atoms with van der Waals surface area (Å²) in [4.78, 5) is 65.0. The van der Waals surface area contributed by atoms with E-state index in [9.17, 15) is 50.8 Å². The van der Waals surface area contributed by atoms with Crippen LogP contribution in [0.5, 0.6) is 17.2 Å². The van der Waals surface area contributed by atoms with Crippen molar-refractivity contribution in [2.75, 3.05) is 77.6 Å². The topological polar surface area (TPSA) is 208 Å². The highest BCUT2D eigenvalue weighted by Gasteiger charge is 2.41. The van der Waals surface area contributed by atoms with Crippen molar-refractivity contribution in [1.82, 2.24) is 20.1 Å². The molecular formula is C54H58F6N6O12P+. The van der Waals surface area contributed by atoms with Crippen molar-refractivity contribution in [3.63, 3.8) is 0 Å². The summed E-state index contributed by atoms with van der Waals surface area (Å²) in [6, 6.07) is 13.4. The Balaban J connectivity index is 1.13. The van der Waals surface area contributed by atoms with Crippen LogP contribution in [0, 0.1) is 10.1 Å². The number of benzene rings is 4. The van der Waals surface area contributed by atoms with Crippen LogP contribution in [0.1, 0.15) is 95.1 Å². The molecule has 2 N–H and O–H groups in total. The number of hydrogen-bond donors (Lipinski definition) is 2. The second-order valence-corrected chi connectivity index (χ2v) is 21.9. The number of nitrogens with one attached hydrogen (secondary N) is 2. The highest BCUT2D eigenvalue weighted by Crippen LogP contribution is 2.51.